The number of thioether (sulfide) groups is 1. The van der Waals surface area contributed by atoms with Gasteiger partial charge in [-0.1, -0.05) is 23.9 Å². The third-order valence-corrected chi connectivity index (χ3v) is 6.22. The molecule has 1 aromatic carbocycles. The molecule has 3 aromatic rings. The second-order valence-corrected chi connectivity index (χ2v) is 8.11. The van der Waals surface area contributed by atoms with Crippen LogP contribution < -0.4 is 14.8 Å². The monoisotopic (exact) mass is 446 g/mol. The second kappa shape index (κ2) is 8.76. The van der Waals surface area contributed by atoms with Gasteiger partial charge in [-0.3, -0.25) is 4.79 Å². The molecule has 1 N–H and O–H groups in total. The summed E-state index contributed by atoms with van der Waals surface area (Å²) in [5.74, 6) is 1.32. The van der Waals surface area contributed by atoms with Crippen LogP contribution in [0.2, 0.25) is 0 Å². The van der Waals surface area contributed by atoms with E-state index in [1.807, 2.05) is 31.3 Å². The zero-order valence-electron chi connectivity index (χ0n) is 16.2. The van der Waals surface area contributed by atoms with E-state index in [-0.39, 0.29) is 11.7 Å². The van der Waals surface area contributed by atoms with E-state index in [1.54, 1.807) is 16.0 Å². The number of hydrogen-bond acceptors (Lipinski definition) is 9. The first kappa shape index (κ1) is 20.2. The molecule has 0 radical (unpaired) electrons. The minimum atomic E-state index is -0.484. The number of para-hydroxylation sites is 2. The summed E-state index contributed by atoms with van der Waals surface area (Å²) in [5.41, 5.74) is 0.433. The van der Waals surface area contributed by atoms with E-state index in [1.165, 1.54) is 30.2 Å². The summed E-state index contributed by atoms with van der Waals surface area (Å²) in [6.07, 6.45) is -0.394. The number of ether oxygens (including phenoxy) is 3. The van der Waals surface area contributed by atoms with E-state index in [9.17, 15) is 9.59 Å². The molecule has 30 heavy (non-hydrogen) atoms. The lowest BCUT2D eigenvalue weighted by Crippen LogP contribution is -2.24. The molecule has 11 heteroatoms. The topological polar surface area (TPSA) is 105 Å². The Hall–Kier alpha value is -3.05. The minimum Gasteiger partial charge on any atom is -0.485 e. The van der Waals surface area contributed by atoms with Crippen LogP contribution in [0.25, 0.3) is 0 Å². The van der Waals surface area contributed by atoms with Gasteiger partial charge < -0.3 is 24.1 Å². The van der Waals surface area contributed by atoms with Gasteiger partial charge in [-0.15, -0.1) is 21.5 Å². The quantitative estimate of drug-likeness (QED) is 0.455. The highest BCUT2D eigenvalue weighted by Crippen LogP contribution is 2.35. The Kier molecular flexibility index (Phi) is 5.91. The molecule has 0 saturated carbocycles. The van der Waals surface area contributed by atoms with E-state index < -0.39 is 12.1 Å². The molecule has 1 aliphatic heterocycles. The van der Waals surface area contributed by atoms with Gasteiger partial charge in [0.1, 0.15) is 11.5 Å². The Labute approximate surface area is 180 Å². The van der Waals surface area contributed by atoms with Crippen LogP contribution in [0.3, 0.4) is 0 Å². The first-order valence-corrected chi connectivity index (χ1v) is 10.8. The maximum absolute atomic E-state index is 12.3. The van der Waals surface area contributed by atoms with E-state index in [0.717, 1.165) is 0 Å². The van der Waals surface area contributed by atoms with Gasteiger partial charge in [0.15, 0.2) is 28.6 Å². The second-order valence-electron chi connectivity index (χ2n) is 6.26. The van der Waals surface area contributed by atoms with Crippen molar-refractivity contribution in [2.75, 3.05) is 24.8 Å². The molecule has 4 rings (SSSR count). The normalized spacial score (nSPS) is 14.9. The molecule has 2 aromatic heterocycles. The number of anilines is 1. The molecule has 1 aliphatic rings. The van der Waals surface area contributed by atoms with Gasteiger partial charge in [-0.05, 0) is 23.6 Å². The summed E-state index contributed by atoms with van der Waals surface area (Å²) < 4.78 is 18.2. The summed E-state index contributed by atoms with van der Waals surface area (Å²) in [7, 11) is 3.11. The van der Waals surface area contributed by atoms with E-state index in [2.05, 4.69) is 15.5 Å². The van der Waals surface area contributed by atoms with Gasteiger partial charge in [-0.2, -0.15) is 0 Å². The number of carbonyl (C=O) groups is 2. The molecule has 3 heterocycles. The van der Waals surface area contributed by atoms with Crippen molar-refractivity contribution in [1.82, 2.24) is 14.8 Å². The van der Waals surface area contributed by atoms with E-state index in [4.69, 9.17) is 14.2 Å². The summed E-state index contributed by atoms with van der Waals surface area (Å²) in [6.45, 7) is 0.322. The van der Waals surface area contributed by atoms with Crippen LogP contribution in [-0.4, -0.2) is 46.1 Å². The van der Waals surface area contributed by atoms with Crippen LogP contribution in [0.1, 0.15) is 21.6 Å². The van der Waals surface area contributed by atoms with Crippen molar-refractivity contribution in [3.05, 3.63) is 46.4 Å². The van der Waals surface area contributed by atoms with Crippen LogP contribution in [0.15, 0.2) is 40.9 Å². The highest BCUT2D eigenvalue weighted by atomic mass is 32.2. The average Bonchev–Trinajstić information content (AvgIpc) is 3.37. The fourth-order valence-electron chi connectivity index (χ4n) is 2.85. The van der Waals surface area contributed by atoms with Crippen molar-refractivity contribution in [3.63, 3.8) is 0 Å². The minimum absolute atomic E-state index is 0.104. The first-order valence-electron chi connectivity index (χ1n) is 8.93. The largest absolute Gasteiger partial charge is 0.485 e. The fourth-order valence-corrected chi connectivity index (χ4v) is 4.34. The standard InChI is InChI=1S/C19H18N4O5S2/c1-23-17(14-9-27-12-5-3-4-6-13(12)28-14)21-22-19(23)30-10-15(24)20-11-7-8-29-16(11)18(25)26-2/h3-8,14H,9-10H2,1-2H3,(H,20,24)/t14-/m0/s1. The highest BCUT2D eigenvalue weighted by Gasteiger charge is 2.27. The molecule has 156 valence electrons. The van der Waals surface area contributed by atoms with Crippen LogP contribution in [0.4, 0.5) is 5.69 Å². The molecule has 1 amide bonds. The Morgan fingerprint density at radius 1 is 1.30 bits per heavy atom. The Morgan fingerprint density at radius 2 is 2.10 bits per heavy atom. The number of nitrogens with one attached hydrogen (secondary N) is 1. The van der Waals surface area contributed by atoms with Crippen molar-refractivity contribution in [1.29, 1.82) is 0 Å². The SMILES string of the molecule is COC(=O)c1sccc1NC(=O)CSc1nnc([C@@H]2COc3ccccc3O2)n1C. The molecule has 0 fully saturated rings. The number of aromatic nitrogens is 3. The van der Waals surface area contributed by atoms with Crippen molar-refractivity contribution < 1.29 is 23.8 Å². The van der Waals surface area contributed by atoms with Gasteiger partial charge in [0.05, 0.1) is 18.6 Å². The lowest BCUT2D eigenvalue weighted by molar-refractivity contribution is -0.113. The lowest BCUT2D eigenvalue weighted by atomic mass is 10.2. The fraction of sp³-hybridized carbons (Fsp3) is 0.263. The summed E-state index contributed by atoms with van der Waals surface area (Å²) in [6, 6.07) is 9.11. The van der Waals surface area contributed by atoms with Crippen LogP contribution >= 0.6 is 23.1 Å². The van der Waals surface area contributed by atoms with Crippen LogP contribution in [-0.2, 0) is 16.6 Å². The number of carbonyl (C=O) groups excluding carboxylic acids is 2. The smallest absolute Gasteiger partial charge is 0.350 e. The lowest BCUT2D eigenvalue weighted by Gasteiger charge is -2.25. The number of amides is 1. The average molecular weight is 447 g/mol. The summed E-state index contributed by atoms with van der Waals surface area (Å²) >= 11 is 2.44. The number of nitrogens with zero attached hydrogens (tertiary/aromatic N) is 3. The zero-order chi connectivity index (χ0) is 21.1. The molecular formula is C19H18N4O5S2. The maximum atomic E-state index is 12.3. The molecular weight excluding hydrogens is 428 g/mol. The van der Waals surface area contributed by atoms with E-state index in [0.29, 0.717) is 39.7 Å². The molecule has 0 aliphatic carbocycles. The molecule has 0 spiro atoms. The number of methoxy groups -OCH3 is 1. The number of hydrogen-bond donors (Lipinski definition) is 1. The highest BCUT2D eigenvalue weighted by molar-refractivity contribution is 7.99. The van der Waals surface area contributed by atoms with Gasteiger partial charge >= 0.3 is 5.97 Å². The third-order valence-electron chi connectivity index (χ3n) is 4.31. The van der Waals surface area contributed by atoms with Gasteiger partial charge in [0.2, 0.25) is 5.91 Å². The summed E-state index contributed by atoms with van der Waals surface area (Å²) in [4.78, 5) is 24.4. The predicted molar refractivity (Wildman–Crippen MR) is 111 cm³/mol. The van der Waals surface area contributed by atoms with Gasteiger partial charge in [0, 0.05) is 7.05 Å². The Bertz CT molecular complexity index is 1080. The molecule has 0 saturated heterocycles. The molecule has 0 unspecified atom stereocenters. The molecule has 9 nitrogen and oxygen atoms in total. The zero-order valence-corrected chi connectivity index (χ0v) is 17.8. The Morgan fingerprint density at radius 3 is 2.90 bits per heavy atom. The van der Waals surface area contributed by atoms with Crippen molar-refractivity contribution in [3.8, 4) is 11.5 Å². The number of esters is 1. The number of fused-ring (bicyclic) bond motifs is 1. The molecule has 1 atom stereocenters. The molecule has 0 bridgehead atoms. The maximum Gasteiger partial charge on any atom is 0.350 e. The number of rotatable bonds is 6. The van der Waals surface area contributed by atoms with Crippen LogP contribution in [0.5, 0.6) is 11.5 Å². The number of thiophene rings is 1. The van der Waals surface area contributed by atoms with Gasteiger partial charge in [0.25, 0.3) is 0 Å². The Balaban J connectivity index is 1.38. The van der Waals surface area contributed by atoms with Crippen molar-refractivity contribution in [2.45, 2.75) is 11.3 Å². The van der Waals surface area contributed by atoms with Crippen molar-refractivity contribution in [2.24, 2.45) is 7.05 Å². The first-order chi connectivity index (χ1) is 14.6. The van der Waals surface area contributed by atoms with Crippen LogP contribution in [0, 0.1) is 0 Å². The van der Waals surface area contributed by atoms with Crippen molar-refractivity contribution >= 4 is 40.7 Å². The third kappa shape index (κ3) is 4.12. The number of benzene rings is 1. The predicted octanol–water partition coefficient (Wildman–Crippen LogP) is 2.91. The van der Waals surface area contributed by atoms with E-state index >= 15 is 0 Å². The summed E-state index contributed by atoms with van der Waals surface area (Å²) in [5, 5.41) is 13.4. The van der Waals surface area contributed by atoms with Gasteiger partial charge in [-0.25, -0.2) is 4.79 Å².